The van der Waals surface area contributed by atoms with Crippen LogP contribution in [0.5, 0.6) is 0 Å². The van der Waals surface area contributed by atoms with E-state index in [-0.39, 0.29) is 0 Å². The Kier molecular flexibility index (Phi) is 6.78. The zero-order chi connectivity index (χ0) is 16.6. The van der Waals surface area contributed by atoms with Gasteiger partial charge in [-0.1, -0.05) is 101 Å². The van der Waals surface area contributed by atoms with E-state index >= 15 is 0 Å². The molecule has 0 aliphatic carbocycles. The van der Waals surface area contributed by atoms with Crippen LogP contribution in [0, 0.1) is 0 Å². The number of nitrogens with zero attached hydrogens (tertiary/aromatic N) is 2. The third-order valence-electron chi connectivity index (χ3n) is 3.08. The second-order valence-corrected chi connectivity index (χ2v) is 8.78. The smallest absolute Gasteiger partial charge is 0.131 e. The molecule has 2 aromatic carbocycles. The van der Waals surface area contributed by atoms with Crippen LogP contribution in [0.4, 0.5) is 0 Å². The highest BCUT2D eigenvalue weighted by atomic mass is 35.5. The molecule has 0 atom stereocenters. The first kappa shape index (κ1) is 17.5. The average molecular weight is 391 g/mol. The van der Waals surface area contributed by atoms with Crippen molar-refractivity contribution in [3.8, 4) is 0 Å². The molecule has 0 amide bonds. The van der Waals surface area contributed by atoms with Crippen LogP contribution in [0.2, 0.25) is 5.02 Å². The molecule has 0 bridgehead atoms. The number of halogens is 1. The monoisotopic (exact) mass is 390 g/mol. The summed E-state index contributed by atoms with van der Waals surface area (Å²) in [7, 11) is 0. The van der Waals surface area contributed by atoms with Crippen LogP contribution in [0.25, 0.3) is 6.08 Å². The number of rotatable bonds is 7. The zero-order valence-electron chi connectivity index (χ0n) is 12.8. The second kappa shape index (κ2) is 9.28. The molecule has 3 aromatic rings. The zero-order valence-corrected chi connectivity index (χ0v) is 16.0. The van der Waals surface area contributed by atoms with Crippen LogP contribution in [-0.4, -0.2) is 16.0 Å². The predicted molar refractivity (Wildman–Crippen MR) is 107 cm³/mol. The fraction of sp³-hybridized carbons (Fsp3) is 0.111. The summed E-state index contributed by atoms with van der Waals surface area (Å²) in [4.78, 5) is 0. The highest BCUT2D eigenvalue weighted by Gasteiger charge is 2.05. The molecule has 0 fully saturated rings. The van der Waals surface area contributed by atoms with Crippen molar-refractivity contribution in [3.05, 3.63) is 76.8 Å². The van der Waals surface area contributed by atoms with Crippen molar-refractivity contribution in [1.82, 2.24) is 10.2 Å². The average Bonchev–Trinajstić information content (AvgIpc) is 3.07. The van der Waals surface area contributed by atoms with Crippen LogP contribution in [0.1, 0.15) is 11.1 Å². The van der Waals surface area contributed by atoms with E-state index in [1.165, 1.54) is 11.1 Å². The number of thioether (sulfide) groups is 2. The van der Waals surface area contributed by atoms with Gasteiger partial charge < -0.3 is 0 Å². The van der Waals surface area contributed by atoms with Gasteiger partial charge in [-0.25, -0.2) is 0 Å². The summed E-state index contributed by atoms with van der Waals surface area (Å²) in [5.74, 6) is 1.77. The molecule has 0 unspecified atom stereocenters. The van der Waals surface area contributed by atoms with Gasteiger partial charge >= 0.3 is 0 Å². The lowest BCUT2D eigenvalue weighted by Crippen LogP contribution is -1.79. The largest absolute Gasteiger partial charge is 0.175 e. The Morgan fingerprint density at radius 2 is 1.62 bits per heavy atom. The van der Waals surface area contributed by atoms with Gasteiger partial charge in [-0.3, -0.25) is 0 Å². The molecule has 0 aliphatic rings. The summed E-state index contributed by atoms with van der Waals surface area (Å²) in [6, 6.07) is 18.2. The summed E-state index contributed by atoms with van der Waals surface area (Å²) < 4.78 is 2.01. The molecule has 0 aliphatic heterocycles. The SMILES string of the molecule is Clc1ccc(CSc2nnc(SCC=Cc3ccccc3)s2)cc1. The summed E-state index contributed by atoms with van der Waals surface area (Å²) >= 11 is 11.0. The number of benzene rings is 2. The van der Waals surface area contributed by atoms with E-state index in [0.717, 1.165) is 25.2 Å². The maximum atomic E-state index is 5.90. The molecule has 122 valence electrons. The van der Waals surface area contributed by atoms with Gasteiger partial charge in [-0.05, 0) is 23.3 Å². The van der Waals surface area contributed by atoms with Crippen LogP contribution in [-0.2, 0) is 5.75 Å². The Hall–Kier alpha value is -1.27. The number of aromatic nitrogens is 2. The molecule has 1 aromatic heterocycles. The lowest BCUT2D eigenvalue weighted by Gasteiger charge is -1.98. The minimum Gasteiger partial charge on any atom is -0.131 e. The lowest BCUT2D eigenvalue weighted by molar-refractivity contribution is 0.955. The fourth-order valence-corrected chi connectivity index (χ4v) is 4.84. The van der Waals surface area contributed by atoms with Gasteiger partial charge in [0.15, 0.2) is 8.68 Å². The molecule has 2 nitrogen and oxygen atoms in total. The van der Waals surface area contributed by atoms with E-state index < -0.39 is 0 Å². The van der Waals surface area contributed by atoms with Gasteiger partial charge in [-0.15, -0.1) is 10.2 Å². The van der Waals surface area contributed by atoms with E-state index in [1.807, 2.05) is 42.5 Å². The highest BCUT2D eigenvalue weighted by molar-refractivity contribution is 8.03. The third-order valence-corrected chi connectivity index (χ3v) is 6.54. The molecular formula is C18H15ClN2S3. The molecular weight excluding hydrogens is 376 g/mol. The van der Waals surface area contributed by atoms with E-state index in [4.69, 9.17) is 11.6 Å². The van der Waals surface area contributed by atoms with Crippen LogP contribution < -0.4 is 0 Å². The Balaban J connectivity index is 1.45. The van der Waals surface area contributed by atoms with Gasteiger partial charge in [0.1, 0.15) is 0 Å². The minimum absolute atomic E-state index is 0.766. The third kappa shape index (κ3) is 5.67. The van der Waals surface area contributed by atoms with Crippen molar-refractivity contribution in [3.63, 3.8) is 0 Å². The van der Waals surface area contributed by atoms with Crippen molar-refractivity contribution in [1.29, 1.82) is 0 Å². The van der Waals surface area contributed by atoms with Gasteiger partial charge in [0.25, 0.3) is 0 Å². The highest BCUT2D eigenvalue weighted by Crippen LogP contribution is 2.31. The Morgan fingerprint density at radius 3 is 2.38 bits per heavy atom. The summed E-state index contributed by atoms with van der Waals surface area (Å²) in [5, 5.41) is 9.25. The van der Waals surface area contributed by atoms with Crippen LogP contribution in [0.15, 0.2) is 69.4 Å². The van der Waals surface area contributed by atoms with E-state index in [0.29, 0.717) is 0 Å². The Bertz CT molecular complexity index is 786. The predicted octanol–water partition coefficient (Wildman–Crippen LogP) is 6.29. The standard InChI is InChI=1S/C18H15ClN2S3/c19-16-10-8-15(9-11-16)13-23-18-21-20-17(24-18)22-12-4-7-14-5-2-1-3-6-14/h1-11H,12-13H2. The maximum Gasteiger partial charge on any atom is 0.175 e. The second-order valence-electron chi connectivity index (χ2n) is 4.87. The molecule has 6 heteroatoms. The van der Waals surface area contributed by atoms with Crippen LogP contribution >= 0.6 is 46.5 Å². The number of hydrogen-bond donors (Lipinski definition) is 0. The van der Waals surface area contributed by atoms with Crippen molar-refractivity contribution < 1.29 is 0 Å². The van der Waals surface area contributed by atoms with Crippen molar-refractivity contribution in [2.24, 2.45) is 0 Å². The first-order chi connectivity index (χ1) is 11.8. The molecule has 0 spiro atoms. The van der Waals surface area contributed by atoms with Crippen LogP contribution in [0.3, 0.4) is 0 Å². The topological polar surface area (TPSA) is 25.8 Å². The van der Waals surface area contributed by atoms with Crippen molar-refractivity contribution in [2.75, 3.05) is 5.75 Å². The molecule has 3 rings (SSSR count). The lowest BCUT2D eigenvalue weighted by atomic mass is 10.2. The maximum absolute atomic E-state index is 5.90. The van der Waals surface area contributed by atoms with Gasteiger partial charge in [0.05, 0.1) is 0 Å². The molecule has 1 heterocycles. The molecule has 0 radical (unpaired) electrons. The Labute approximate surface area is 159 Å². The van der Waals surface area contributed by atoms with Gasteiger partial charge in [0, 0.05) is 16.5 Å². The van der Waals surface area contributed by atoms with E-state index in [2.05, 4.69) is 34.5 Å². The van der Waals surface area contributed by atoms with E-state index in [9.17, 15) is 0 Å². The van der Waals surface area contributed by atoms with E-state index in [1.54, 1.807) is 34.9 Å². The van der Waals surface area contributed by atoms with Crippen molar-refractivity contribution >= 4 is 52.5 Å². The van der Waals surface area contributed by atoms with Gasteiger partial charge in [-0.2, -0.15) is 0 Å². The Morgan fingerprint density at radius 1 is 0.917 bits per heavy atom. The number of hydrogen-bond acceptors (Lipinski definition) is 5. The minimum atomic E-state index is 0.766. The summed E-state index contributed by atoms with van der Waals surface area (Å²) in [5.41, 5.74) is 2.45. The first-order valence-corrected chi connectivity index (χ1v) is 10.5. The van der Waals surface area contributed by atoms with Gasteiger partial charge in [0.2, 0.25) is 0 Å². The fourth-order valence-electron chi connectivity index (χ4n) is 1.91. The molecule has 0 N–H and O–H groups in total. The summed E-state index contributed by atoms with van der Waals surface area (Å²) in [6.07, 6.45) is 4.28. The molecule has 0 saturated carbocycles. The van der Waals surface area contributed by atoms with Crippen molar-refractivity contribution in [2.45, 2.75) is 14.4 Å². The molecule has 24 heavy (non-hydrogen) atoms. The quantitative estimate of drug-likeness (QED) is 0.443. The first-order valence-electron chi connectivity index (χ1n) is 7.35. The normalized spacial score (nSPS) is 11.2. The molecule has 0 saturated heterocycles. The summed E-state index contributed by atoms with van der Waals surface area (Å²) in [6.45, 7) is 0.